The Labute approximate surface area is 130 Å². The van der Waals surface area contributed by atoms with Crippen LogP contribution in [0.5, 0.6) is 11.8 Å². The van der Waals surface area contributed by atoms with Crippen LogP contribution >= 0.6 is 0 Å². The van der Waals surface area contributed by atoms with Crippen molar-refractivity contribution in [2.24, 2.45) is 0 Å². The molecular weight excluding hydrogens is 286 g/mol. The summed E-state index contributed by atoms with van der Waals surface area (Å²) in [4.78, 5) is 21.7. The van der Waals surface area contributed by atoms with Crippen LogP contribution in [0.3, 0.4) is 0 Å². The summed E-state index contributed by atoms with van der Waals surface area (Å²) in [6.45, 7) is 9.08. The van der Waals surface area contributed by atoms with Gasteiger partial charge in [0.1, 0.15) is 18.0 Å². The SMILES string of the molecule is CCOc1cc(OC2CCN(C(=O)OC(C)(C)C)C2)ncn1. The van der Waals surface area contributed by atoms with Crippen molar-refractivity contribution >= 4 is 6.09 Å². The van der Waals surface area contributed by atoms with Crippen molar-refractivity contribution in [3.05, 3.63) is 12.4 Å². The molecule has 7 heteroatoms. The van der Waals surface area contributed by atoms with Crippen molar-refractivity contribution in [1.29, 1.82) is 0 Å². The lowest BCUT2D eigenvalue weighted by atomic mass is 10.2. The summed E-state index contributed by atoms with van der Waals surface area (Å²) in [5.74, 6) is 0.934. The van der Waals surface area contributed by atoms with E-state index >= 15 is 0 Å². The number of amides is 1. The fourth-order valence-electron chi connectivity index (χ4n) is 2.10. The first kappa shape index (κ1) is 16.3. The minimum atomic E-state index is -0.491. The fourth-order valence-corrected chi connectivity index (χ4v) is 2.10. The zero-order valence-corrected chi connectivity index (χ0v) is 13.5. The molecule has 0 bridgehead atoms. The molecule has 1 saturated heterocycles. The average Bonchev–Trinajstić information content (AvgIpc) is 2.86. The van der Waals surface area contributed by atoms with Gasteiger partial charge in [-0.15, -0.1) is 0 Å². The molecule has 7 nitrogen and oxygen atoms in total. The maximum Gasteiger partial charge on any atom is 0.410 e. The number of carbonyl (C=O) groups is 1. The van der Waals surface area contributed by atoms with Gasteiger partial charge in [-0.1, -0.05) is 0 Å². The molecule has 1 unspecified atom stereocenters. The van der Waals surface area contributed by atoms with Gasteiger partial charge in [0.25, 0.3) is 0 Å². The van der Waals surface area contributed by atoms with Crippen LogP contribution < -0.4 is 9.47 Å². The van der Waals surface area contributed by atoms with Crippen molar-refractivity contribution in [2.75, 3.05) is 19.7 Å². The van der Waals surface area contributed by atoms with Gasteiger partial charge in [0.05, 0.1) is 19.2 Å². The number of aromatic nitrogens is 2. The molecule has 1 aliphatic rings. The molecule has 1 atom stereocenters. The van der Waals surface area contributed by atoms with E-state index in [-0.39, 0.29) is 12.2 Å². The highest BCUT2D eigenvalue weighted by Crippen LogP contribution is 2.20. The molecule has 0 spiro atoms. The number of hydrogen-bond donors (Lipinski definition) is 0. The third-order valence-corrected chi connectivity index (χ3v) is 2.99. The molecule has 0 aliphatic carbocycles. The normalized spacial score (nSPS) is 18.2. The zero-order chi connectivity index (χ0) is 16.2. The minimum Gasteiger partial charge on any atom is -0.478 e. The molecule has 0 N–H and O–H groups in total. The summed E-state index contributed by atoms with van der Waals surface area (Å²) in [6.07, 6.45) is 1.74. The van der Waals surface area contributed by atoms with Gasteiger partial charge in [-0.05, 0) is 27.7 Å². The minimum absolute atomic E-state index is 0.100. The Bertz CT molecular complexity index is 516. The quantitative estimate of drug-likeness (QED) is 0.849. The lowest BCUT2D eigenvalue weighted by Gasteiger charge is -2.24. The van der Waals surface area contributed by atoms with Gasteiger partial charge >= 0.3 is 6.09 Å². The Morgan fingerprint density at radius 2 is 2.09 bits per heavy atom. The average molecular weight is 309 g/mol. The number of nitrogens with zero attached hydrogens (tertiary/aromatic N) is 3. The van der Waals surface area contributed by atoms with Crippen molar-refractivity contribution in [2.45, 2.75) is 45.8 Å². The van der Waals surface area contributed by atoms with E-state index in [1.165, 1.54) is 6.33 Å². The number of hydrogen-bond acceptors (Lipinski definition) is 6. The van der Waals surface area contributed by atoms with E-state index in [2.05, 4.69) is 9.97 Å². The Morgan fingerprint density at radius 3 is 2.77 bits per heavy atom. The summed E-state index contributed by atoms with van der Waals surface area (Å²) >= 11 is 0. The highest BCUT2D eigenvalue weighted by Gasteiger charge is 2.31. The lowest BCUT2D eigenvalue weighted by Crippen LogP contribution is -2.36. The van der Waals surface area contributed by atoms with E-state index in [0.717, 1.165) is 6.42 Å². The third-order valence-electron chi connectivity index (χ3n) is 2.99. The smallest absolute Gasteiger partial charge is 0.410 e. The van der Waals surface area contributed by atoms with Gasteiger partial charge < -0.3 is 19.1 Å². The molecule has 0 saturated carbocycles. The van der Waals surface area contributed by atoms with Crippen LogP contribution in [0.15, 0.2) is 12.4 Å². The van der Waals surface area contributed by atoms with Crippen LogP contribution in [-0.2, 0) is 4.74 Å². The number of rotatable bonds is 4. The highest BCUT2D eigenvalue weighted by atomic mass is 16.6. The third kappa shape index (κ3) is 4.75. The molecule has 22 heavy (non-hydrogen) atoms. The van der Waals surface area contributed by atoms with E-state index in [9.17, 15) is 4.79 Å². The standard InChI is InChI=1S/C15H23N3O4/c1-5-20-12-8-13(17-10-16-12)21-11-6-7-18(9-11)14(19)22-15(2,3)4/h8,10-11H,5-7,9H2,1-4H3. The van der Waals surface area contributed by atoms with Gasteiger partial charge in [-0.3, -0.25) is 0 Å². The van der Waals surface area contributed by atoms with Crippen molar-refractivity contribution in [1.82, 2.24) is 14.9 Å². The second kappa shape index (κ2) is 6.81. The van der Waals surface area contributed by atoms with Crippen molar-refractivity contribution in [3.63, 3.8) is 0 Å². The predicted molar refractivity (Wildman–Crippen MR) is 80.0 cm³/mol. The Hall–Kier alpha value is -2.05. The first-order valence-corrected chi connectivity index (χ1v) is 7.47. The molecule has 1 amide bonds. The maximum atomic E-state index is 12.0. The van der Waals surface area contributed by atoms with Crippen molar-refractivity contribution < 1.29 is 19.0 Å². The van der Waals surface area contributed by atoms with E-state index in [1.807, 2.05) is 27.7 Å². The monoisotopic (exact) mass is 309 g/mol. The highest BCUT2D eigenvalue weighted by molar-refractivity contribution is 5.68. The molecule has 1 fully saturated rings. The molecule has 2 rings (SSSR count). The van der Waals surface area contributed by atoms with Crippen LogP contribution in [0.25, 0.3) is 0 Å². The van der Waals surface area contributed by atoms with Gasteiger partial charge in [0.2, 0.25) is 11.8 Å². The van der Waals surface area contributed by atoms with Crippen LogP contribution in [0.2, 0.25) is 0 Å². The second-order valence-corrected chi connectivity index (χ2v) is 6.08. The molecule has 1 aromatic heterocycles. The van der Waals surface area contributed by atoms with Gasteiger partial charge in [0, 0.05) is 13.0 Å². The number of ether oxygens (including phenoxy) is 3. The van der Waals surface area contributed by atoms with Gasteiger partial charge in [-0.25, -0.2) is 14.8 Å². The Balaban J connectivity index is 1.88. The van der Waals surface area contributed by atoms with Crippen LogP contribution in [-0.4, -0.2) is 52.4 Å². The van der Waals surface area contributed by atoms with Crippen LogP contribution in [0.1, 0.15) is 34.1 Å². The Morgan fingerprint density at radius 1 is 1.36 bits per heavy atom. The molecule has 122 valence electrons. The zero-order valence-electron chi connectivity index (χ0n) is 13.5. The maximum absolute atomic E-state index is 12.0. The summed E-state index contributed by atoms with van der Waals surface area (Å²) < 4.78 is 16.5. The first-order valence-electron chi connectivity index (χ1n) is 7.47. The first-order chi connectivity index (χ1) is 10.4. The predicted octanol–water partition coefficient (Wildman–Crippen LogP) is 2.26. The summed E-state index contributed by atoms with van der Waals surface area (Å²) in [5, 5.41) is 0. The van der Waals surface area contributed by atoms with Crippen LogP contribution in [0, 0.1) is 0 Å². The van der Waals surface area contributed by atoms with E-state index in [1.54, 1.807) is 11.0 Å². The molecular formula is C15H23N3O4. The fraction of sp³-hybridized carbons (Fsp3) is 0.667. The van der Waals surface area contributed by atoms with E-state index < -0.39 is 5.60 Å². The molecule has 1 aromatic rings. The summed E-state index contributed by atoms with van der Waals surface area (Å²) in [6, 6.07) is 1.65. The summed E-state index contributed by atoms with van der Waals surface area (Å²) in [7, 11) is 0. The van der Waals surface area contributed by atoms with E-state index in [4.69, 9.17) is 14.2 Å². The second-order valence-electron chi connectivity index (χ2n) is 6.08. The Kier molecular flexibility index (Phi) is 5.05. The van der Waals surface area contributed by atoms with E-state index in [0.29, 0.717) is 31.5 Å². The number of carbonyl (C=O) groups excluding carboxylic acids is 1. The molecule has 2 heterocycles. The van der Waals surface area contributed by atoms with Crippen molar-refractivity contribution in [3.8, 4) is 11.8 Å². The van der Waals surface area contributed by atoms with Gasteiger partial charge in [-0.2, -0.15) is 0 Å². The van der Waals surface area contributed by atoms with Crippen LogP contribution in [0.4, 0.5) is 4.79 Å². The topological polar surface area (TPSA) is 73.8 Å². The summed E-state index contributed by atoms with van der Waals surface area (Å²) in [5.41, 5.74) is -0.491. The largest absolute Gasteiger partial charge is 0.478 e. The molecule has 0 aromatic carbocycles. The molecule has 1 aliphatic heterocycles. The lowest BCUT2D eigenvalue weighted by molar-refractivity contribution is 0.0274. The van der Waals surface area contributed by atoms with Gasteiger partial charge in [0.15, 0.2) is 0 Å². The molecule has 0 radical (unpaired) electrons. The number of likely N-dealkylation sites (tertiary alicyclic amines) is 1.